The van der Waals surface area contributed by atoms with Crippen molar-refractivity contribution in [3.05, 3.63) is 112 Å². The fourth-order valence-corrected chi connectivity index (χ4v) is 4.76. The third-order valence-corrected chi connectivity index (χ3v) is 6.88. The predicted octanol–water partition coefficient (Wildman–Crippen LogP) is 6.71. The Kier molecular flexibility index (Phi) is 7.94. The predicted molar refractivity (Wildman–Crippen MR) is 148 cm³/mol. The molecular weight excluding hydrogens is 500 g/mol. The van der Waals surface area contributed by atoms with Crippen molar-refractivity contribution in [1.82, 2.24) is 4.57 Å². The van der Waals surface area contributed by atoms with Gasteiger partial charge in [0.1, 0.15) is 17.4 Å². The van der Waals surface area contributed by atoms with Crippen molar-refractivity contribution in [2.75, 3.05) is 12.4 Å². The monoisotopic (exact) mass is 524 g/mol. The molecule has 0 aliphatic carbocycles. The Bertz CT molecular complexity index is 1550. The Labute approximate surface area is 224 Å². The molecule has 0 unspecified atom stereocenters. The molecule has 0 saturated heterocycles. The van der Waals surface area contributed by atoms with Crippen LogP contribution in [0.4, 0.5) is 11.4 Å². The smallest absolute Gasteiger partial charge is 0.269 e. The van der Waals surface area contributed by atoms with Gasteiger partial charge in [0.05, 0.1) is 12.0 Å². The SMILES string of the molecule is COc1ccc(NC(=O)/C(C#N)=C/c2cc(C)n(-c3ccc(Sc4ccc([N+](=O)[O-])cc4)cc3)c2C)cc1. The number of carbonyl (C=O) groups excluding carboxylic acids is 1. The molecule has 0 atom stereocenters. The standard InChI is InChI=1S/C29H24N4O4S/c1-19-16-21(17-22(18-30)29(34)31-23-4-10-26(37-3)11-5-23)20(2)32(19)24-6-12-27(13-7-24)38-28-14-8-25(9-15-28)33(35)36/h4-17H,1-3H3,(H,31,34)/b22-17+. The molecule has 1 aromatic heterocycles. The maximum absolute atomic E-state index is 12.7. The molecule has 0 fully saturated rings. The zero-order valence-electron chi connectivity index (χ0n) is 21.0. The van der Waals surface area contributed by atoms with E-state index in [1.165, 1.54) is 23.9 Å². The molecule has 1 N–H and O–H groups in total. The van der Waals surface area contributed by atoms with Crippen LogP contribution >= 0.6 is 11.8 Å². The molecule has 9 heteroatoms. The fraction of sp³-hybridized carbons (Fsp3) is 0.103. The van der Waals surface area contributed by atoms with Gasteiger partial charge in [-0.1, -0.05) is 11.8 Å². The van der Waals surface area contributed by atoms with Crippen LogP contribution in [0, 0.1) is 35.3 Å². The van der Waals surface area contributed by atoms with Crippen molar-refractivity contribution >= 4 is 35.1 Å². The molecule has 4 rings (SSSR count). The molecule has 0 bridgehead atoms. The van der Waals surface area contributed by atoms with E-state index in [1.807, 2.05) is 50.2 Å². The van der Waals surface area contributed by atoms with Gasteiger partial charge in [-0.15, -0.1) is 0 Å². The number of ether oxygens (including phenoxy) is 1. The first-order valence-electron chi connectivity index (χ1n) is 11.6. The van der Waals surface area contributed by atoms with E-state index < -0.39 is 10.8 Å². The highest BCUT2D eigenvalue weighted by molar-refractivity contribution is 7.99. The van der Waals surface area contributed by atoms with Gasteiger partial charge in [0.15, 0.2) is 0 Å². The second-order valence-corrected chi connectivity index (χ2v) is 9.51. The average molecular weight is 525 g/mol. The number of aryl methyl sites for hydroxylation is 1. The maximum Gasteiger partial charge on any atom is 0.269 e. The zero-order valence-corrected chi connectivity index (χ0v) is 21.8. The largest absolute Gasteiger partial charge is 0.497 e. The third-order valence-electron chi connectivity index (χ3n) is 5.86. The second-order valence-electron chi connectivity index (χ2n) is 8.36. The van der Waals surface area contributed by atoms with E-state index in [2.05, 4.69) is 9.88 Å². The van der Waals surface area contributed by atoms with E-state index in [4.69, 9.17) is 4.74 Å². The Morgan fingerprint density at radius 1 is 1.03 bits per heavy atom. The highest BCUT2D eigenvalue weighted by atomic mass is 32.2. The lowest BCUT2D eigenvalue weighted by Crippen LogP contribution is -2.13. The van der Waals surface area contributed by atoms with Gasteiger partial charge in [0, 0.05) is 44.7 Å². The van der Waals surface area contributed by atoms with Gasteiger partial charge in [0.25, 0.3) is 11.6 Å². The van der Waals surface area contributed by atoms with E-state index in [-0.39, 0.29) is 11.3 Å². The molecule has 8 nitrogen and oxygen atoms in total. The molecule has 0 aliphatic rings. The lowest BCUT2D eigenvalue weighted by molar-refractivity contribution is -0.384. The summed E-state index contributed by atoms with van der Waals surface area (Å²) in [4.78, 5) is 25.1. The topological polar surface area (TPSA) is 110 Å². The summed E-state index contributed by atoms with van der Waals surface area (Å²) in [5, 5.41) is 23.3. The zero-order chi connectivity index (χ0) is 27.2. The van der Waals surface area contributed by atoms with E-state index in [0.29, 0.717) is 11.4 Å². The van der Waals surface area contributed by atoms with Crippen LogP contribution in [0.25, 0.3) is 11.8 Å². The minimum absolute atomic E-state index is 0.00378. The summed E-state index contributed by atoms with van der Waals surface area (Å²) in [7, 11) is 1.57. The normalized spacial score (nSPS) is 11.1. The number of carbonyl (C=O) groups is 1. The van der Waals surface area contributed by atoms with Gasteiger partial charge in [0.2, 0.25) is 0 Å². The number of nitro groups is 1. The Balaban J connectivity index is 1.52. The second kappa shape index (κ2) is 11.5. The number of nitrogens with one attached hydrogen (secondary N) is 1. The van der Waals surface area contributed by atoms with Crippen molar-refractivity contribution < 1.29 is 14.5 Å². The van der Waals surface area contributed by atoms with E-state index >= 15 is 0 Å². The summed E-state index contributed by atoms with van der Waals surface area (Å²) >= 11 is 1.51. The Morgan fingerprint density at radius 3 is 2.18 bits per heavy atom. The number of benzene rings is 3. The number of nitrogens with zero attached hydrogens (tertiary/aromatic N) is 3. The number of nitriles is 1. The number of non-ortho nitro benzene ring substituents is 1. The lowest BCUT2D eigenvalue weighted by atomic mass is 10.1. The number of methoxy groups -OCH3 is 1. The molecule has 1 heterocycles. The van der Waals surface area contributed by atoms with Gasteiger partial charge >= 0.3 is 0 Å². The molecule has 0 spiro atoms. The fourth-order valence-electron chi connectivity index (χ4n) is 3.94. The van der Waals surface area contributed by atoms with E-state index in [1.54, 1.807) is 49.6 Å². The number of rotatable bonds is 8. The molecule has 190 valence electrons. The van der Waals surface area contributed by atoms with Crippen molar-refractivity contribution in [2.24, 2.45) is 0 Å². The van der Waals surface area contributed by atoms with Crippen LogP contribution in [0.3, 0.4) is 0 Å². The van der Waals surface area contributed by atoms with Gasteiger partial charge in [-0.2, -0.15) is 5.26 Å². The van der Waals surface area contributed by atoms with Crippen LogP contribution in [0.1, 0.15) is 17.0 Å². The number of aromatic nitrogens is 1. The number of anilines is 1. The van der Waals surface area contributed by atoms with Crippen molar-refractivity contribution in [3.8, 4) is 17.5 Å². The first-order chi connectivity index (χ1) is 18.3. The van der Waals surface area contributed by atoms with E-state index in [0.717, 1.165) is 32.4 Å². The quantitative estimate of drug-likeness (QED) is 0.119. The first-order valence-corrected chi connectivity index (χ1v) is 12.4. The average Bonchev–Trinajstić information content (AvgIpc) is 3.20. The maximum atomic E-state index is 12.7. The summed E-state index contributed by atoms with van der Waals surface area (Å²) in [6, 6.07) is 25.2. The summed E-state index contributed by atoms with van der Waals surface area (Å²) in [6.45, 7) is 3.90. The molecule has 4 aromatic rings. The van der Waals surface area contributed by atoms with Crippen molar-refractivity contribution in [1.29, 1.82) is 5.26 Å². The van der Waals surface area contributed by atoms with Crippen molar-refractivity contribution in [3.63, 3.8) is 0 Å². The van der Waals surface area contributed by atoms with E-state index in [9.17, 15) is 20.2 Å². The van der Waals surface area contributed by atoms with Gasteiger partial charge < -0.3 is 14.6 Å². The Morgan fingerprint density at radius 2 is 1.63 bits per heavy atom. The Hall–Kier alpha value is -4.81. The number of nitro benzene ring substituents is 1. The molecule has 38 heavy (non-hydrogen) atoms. The van der Waals surface area contributed by atoms with Crippen molar-refractivity contribution in [2.45, 2.75) is 23.6 Å². The number of hydrogen-bond donors (Lipinski definition) is 1. The molecule has 0 saturated carbocycles. The molecule has 1 amide bonds. The van der Waals surface area contributed by atoms with Gasteiger partial charge in [-0.05, 0) is 92.2 Å². The molecule has 0 aliphatic heterocycles. The summed E-state index contributed by atoms with van der Waals surface area (Å²) in [5.74, 6) is 0.180. The molecule has 0 radical (unpaired) electrons. The van der Waals surface area contributed by atoms with Crippen LogP contribution in [-0.4, -0.2) is 22.5 Å². The van der Waals surface area contributed by atoms with Crippen LogP contribution in [0.2, 0.25) is 0 Å². The van der Waals surface area contributed by atoms with Crippen LogP contribution in [0.15, 0.2) is 94.2 Å². The van der Waals surface area contributed by atoms with Crippen LogP contribution in [-0.2, 0) is 4.79 Å². The summed E-state index contributed by atoms with van der Waals surface area (Å²) in [5.41, 5.74) is 4.18. The first kappa shape index (κ1) is 26.3. The summed E-state index contributed by atoms with van der Waals surface area (Å²) < 4.78 is 7.19. The van der Waals surface area contributed by atoms with Gasteiger partial charge in [-0.3, -0.25) is 14.9 Å². The van der Waals surface area contributed by atoms with Gasteiger partial charge in [-0.25, -0.2) is 0 Å². The number of hydrogen-bond acceptors (Lipinski definition) is 6. The highest BCUT2D eigenvalue weighted by Gasteiger charge is 2.14. The lowest BCUT2D eigenvalue weighted by Gasteiger charge is -2.11. The summed E-state index contributed by atoms with van der Waals surface area (Å²) in [6.07, 6.45) is 1.59. The third kappa shape index (κ3) is 5.94. The minimum Gasteiger partial charge on any atom is -0.497 e. The molecular formula is C29H24N4O4S. The molecule has 3 aromatic carbocycles. The van der Waals surface area contributed by atoms with Crippen LogP contribution in [0.5, 0.6) is 5.75 Å². The van der Waals surface area contributed by atoms with Crippen LogP contribution < -0.4 is 10.1 Å². The minimum atomic E-state index is -0.491. The highest BCUT2D eigenvalue weighted by Crippen LogP contribution is 2.31. The number of amides is 1.